The maximum Gasteiger partial charge on any atom is 0.226 e. The highest BCUT2D eigenvalue weighted by Crippen LogP contribution is 2.21. The van der Waals surface area contributed by atoms with Crippen molar-refractivity contribution in [3.8, 4) is 11.3 Å². The monoisotopic (exact) mass is 424 g/mol. The van der Waals surface area contributed by atoms with Gasteiger partial charge in [-0.25, -0.2) is 14.1 Å². The Hall–Kier alpha value is -3.45. The van der Waals surface area contributed by atoms with Crippen molar-refractivity contribution in [3.63, 3.8) is 0 Å². The Labute approximate surface area is 177 Å². The third-order valence-corrected chi connectivity index (χ3v) is 4.73. The number of halogens is 2. The first-order valence-corrected chi connectivity index (χ1v) is 9.71. The van der Waals surface area contributed by atoms with Crippen molar-refractivity contribution in [1.82, 2.24) is 14.8 Å². The summed E-state index contributed by atoms with van der Waals surface area (Å²) in [6.45, 7) is 0.514. The highest BCUT2D eigenvalue weighted by molar-refractivity contribution is 6.30. The smallest absolute Gasteiger partial charge is 0.226 e. The number of hydrogen-bond acceptors (Lipinski definition) is 4. The quantitative estimate of drug-likeness (QED) is 0.455. The Balaban J connectivity index is 1.33. The van der Waals surface area contributed by atoms with E-state index < -0.39 is 0 Å². The number of benzene rings is 2. The fourth-order valence-corrected chi connectivity index (χ4v) is 3.05. The van der Waals surface area contributed by atoms with E-state index in [1.165, 1.54) is 12.1 Å². The van der Waals surface area contributed by atoms with Crippen molar-refractivity contribution in [1.29, 1.82) is 0 Å². The van der Waals surface area contributed by atoms with Crippen LogP contribution < -0.4 is 5.32 Å². The topological polar surface area (TPSA) is 73.0 Å². The van der Waals surface area contributed by atoms with E-state index in [4.69, 9.17) is 16.0 Å². The molecule has 1 N–H and O–H groups in total. The van der Waals surface area contributed by atoms with Gasteiger partial charge in [0.25, 0.3) is 0 Å². The van der Waals surface area contributed by atoms with Gasteiger partial charge in [-0.2, -0.15) is 5.10 Å². The second-order valence-corrected chi connectivity index (χ2v) is 7.11. The second kappa shape index (κ2) is 8.92. The van der Waals surface area contributed by atoms with Crippen molar-refractivity contribution in [2.45, 2.75) is 19.4 Å². The number of aromatic nitrogens is 3. The van der Waals surface area contributed by atoms with Gasteiger partial charge in [0, 0.05) is 29.5 Å². The molecule has 0 spiro atoms. The van der Waals surface area contributed by atoms with Crippen LogP contribution in [0, 0.1) is 5.82 Å². The summed E-state index contributed by atoms with van der Waals surface area (Å²) in [7, 11) is 0. The highest BCUT2D eigenvalue weighted by atomic mass is 35.5. The third kappa shape index (κ3) is 4.93. The van der Waals surface area contributed by atoms with Crippen LogP contribution in [-0.4, -0.2) is 20.7 Å². The van der Waals surface area contributed by atoms with Gasteiger partial charge in [-0.05, 0) is 42.0 Å². The zero-order valence-corrected chi connectivity index (χ0v) is 16.6. The molecule has 0 fully saturated rings. The summed E-state index contributed by atoms with van der Waals surface area (Å²) in [5.41, 5.74) is 1.75. The van der Waals surface area contributed by atoms with Gasteiger partial charge in [-0.3, -0.25) is 4.79 Å². The number of aryl methyl sites for hydroxylation is 1. The molecule has 30 heavy (non-hydrogen) atoms. The molecule has 0 aliphatic rings. The standard InChI is InChI=1S/C22H18ClFN4O2/c23-17-5-1-15(2-6-17)14-28-20(11-12-26-28)27-21(29)9-10-22-25-13-19(30-22)16-3-7-18(24)8-4-16/h1-8,11-13H,9-10,14H2,(H,27,29). The molecule has 0 bridgehead atoms. The molecule has 4 rings (SSSR count). The molecule has 0 saturated carbocycles. The molecule has 0 atom stereocenters. The second-order valence-electron chi connectivity index (χ2n) is 6.67. The predicted octanol–water partition coefficient (Wildman–Crippen LogP) is 4.95. The molecular weight excluding hydrogens is 407 g/mol. The molecule has 0 unspecified atom stereocenters. The van der Waals surface area contributed by atoms with E-state index in [1.54, 1.807) is 35.3 Å². The minimum absolute atomic E-state index is 0.172. The van der Waals surface area contributed by atoms with Crippen LogP contribution in [0.25, 0.3) is 11.3 Å². The minimum Gasteiger partial charge on any atom is -0.441 e. The molecule has 0 saturated heterocycles. The highest BCUT2D eigenvalue weighted by Gasteiger charge is 2.11. The van der Waals surface area contributed by atoms with Gasteiger partial charge in [0.1, 0.15) is 11.6 Å². The number of anilines is 1. The fourth-order valence-electron chi connectivity index (χ4n) is 2.93. The van der Waals surface area contributed by atoms with E-state index >= 15 is 0 Å². The molecule has 0 aliphatic carbocycles. The average molecular weight is 425 g/mol. The summed E-state index contributed by atoms with van der Waals surface area (Å²) < 4.78 is 20.4. The van der Waals surface area contributed by atoms with Crippen LogP contribution in [0.3, 0.4) is 0 Å². The molecule has 6 nitrogen and oxygen atoms in total. The number of carbonyl (C=O) groups is 1. The van der Waals surface area contributed by atoms with Crippen LogP contribution in [0.5, 0.6) is 0 Å². The van der Waals surface area contributed by atoms with Gasteiger partial charge < -0.3 is 9.73 Å². The van der Waals surface area contributed by atoms with Crippen molar-refractivity contribution in [3.05, 3.63) is 89.3 Å². The lowest BCUT2D eigenvalue weighted by molar-refractivity contribution is -0.116. The van der Waals surface area contributed by atoms with Crippen molar-refractivity contribution in [2.75, 3.05) is 5.32 Å². The lowest BCUT2D eigenvalue weighted by Gasteiger charge is -2.09. The molecule has 0 radical (unpaired) electrons. The Kier molecular flexibility index (Phi) is 5.90. The van der Waals surface area contributed by atoms with E-state index in [9.17, 15) is 9.18 Å². The van der Waals surface area contributed by atoms with Crippen LogP contribution in [0.1, 0.15) is 17.9 Å². The Morgan fingerprint density at radius 1 is 1.10 bits per heavy atom. The molecule has 2 aromatic carbocycles. The van der Waals surface area contributed by atoms with Crippen LogP contribution in [0.4, 0.5) is 10.2 Å². The minimum atomic E-state index is -0.314. The number of nitrogens with one attached hydrogen (secondary N) is 1. The first-order chi connectivity index (χ1) is 14.6. The SMILES string of the molecule is O=C(CCc1ncc(-c2ccc(F)cc2)o1)Nc1ccnn1Cc1ccc(Cl)cc1. The maximum absolute atomic E-state index is 13.0. The first kappa shape index (κ1) is 19.8. The largest absolute Gasteiger partial charge is 0.441 e. The van der Waals surface area contributed by atoms with Gasteiger partial charge in [0.15, 0.2) is 11.7 Å². The molecule has 2 aromatic heterocycles. The normalized spacial score (nSPS) is 10.9. The zero-order chi connectivity index (χ0) is 20.9. The van der Waals surface area contributed by atoms with Crippen molar-refractivity contribution < 1.29 is 13.6 Å². The molecule has 0 aliphatic heterocycles. The lowest BCUT2D eigenvalue weighted by Crippen LogP contribution is -2.16. The summed E-state index contributed by atoms with van der Waals surface area (Å²) >= 11 is 5.91. The van der Waals surface area contributed by atoms with Gasteiger partial charge in [-0.15, -0.1) is 0 Å². The zero-order valence-electron chi connectivity index (χ0n) is 15.9. The average Bonchev–Trinajstić information content (AvgIpc) is 3.39. The summed E-state index contributed by atoms with van der Waals surface area (Å²) in [4.78, 5) is 16.6. The van der Waals surface area contributed by atoms with E-state index in [1.807, 2.05) is 24.3 Å². The Morgan fingerprint density at radius 3 is 2.63 bits per heavy atom. The summed E-state index contributed by atoms with van der Waals surface area (Å²) in [5, 5.41) is 7.79. The van der Waals surface area contributed by atoms with E-state index in [2.05, 4.69) is 15.4 Å². The third-order valence-electron chi connectivity index (χ3n) is 4.48. The number of nitrogens with zero attached hydrogens (tertiary/aromatic N) is 3. The number of oxazole rings is 1. The van der Waals surface area contributed by atoms with Gasteiger partial charge in [0.2, 0.25) is 5.91 Å². The maximum atomic E-state index is 13.0. The molecule has 4 aromatic rings. The predicted molar refractivity (Wildman–Crippen MR) is 112 cm³/mol. The molecule has 1 amide bonds. The van der Waals surface area contributed by atoms with Crippen LogP contribution >= 0.6 is 11.6 Å². The Morgan fingerprint density at radius 2 is 1.87 bits per heavy atom. The van der Waals surface area contributed by atoms with Crippen LogP contribution in [0.2, 0.25) is 5.02 Å². The summed E-state index contributed by atoms with van der Waals surface area (Å²) in [6.07, 6.45) is 3.75. The first-order valence-electron chi connectivity index (χ1n) is 9.33. The summed E-state index contributed by atoms with van der Waals surface area (Å²) in [6, 6.07) is 15.2. The van der Waals surface area contributed by atoms with E-state index in [-0.39, 0.29) is 18.1 Å². The molecule has 2 heterocycles. The number of hydrogen-bond donors (Lipinski definition) is 1. The molecule has 8 heteroatoms. The Bertz CT molecular complexity index is 1140. The molecular formula is C22H18ClFN4O2. The number of carbonyl (C=O) groups excluding carboxylic acids is 1. The van der Waals surface area contributed by atoms with Gasteiger partial charge in [-0.1, -0.05) is 23.7 Å². The summed E-state index contributed by atoms with van der Waals surface area (Å²) in [5.74, 6) is 1.10. The van der Waals surface area contributed by atoms with E-state index in [0.29, 0.717) is 35.5 Å². The van der Waals surface area contributed by atoms with E-state index in [0.717, 1.165) is 11.1 Å². The lowest BCUT2D eigenvalue weighted by atomic mass is 10.2. The number of amides is 1. The fraction of sp³-hybridized carbons (Fsp3) is 0.136. The van der Waals surface area contributed by atoms with Gasteiger partial charge in [0.05, 0.1) is 18.9 Å². The molecule has 152 valence electrons. The van der Waals surface area contributed by atoms with Crippen LogP contribution in [0.15, 0.2) is 71.4 Å². The number of rotatable bonds is 7. The van der Waals surface area contributed by atoms with Crippen LogP contribution in [-0.2, 0) is 17.8 Å². The van der Waals surface area contributed by atoms with Crippen molar-refractivity contribution in [2.24, 2.45) is 0 Å². The van der Waals surface area contributed by atoms with Crippen molar-refractivity contribution >= 4 is 23.3 Å². The van der Waals surface area contributed by atoms with Gasteiger partial charge >= 0.3 is 0 Å².